The Labute approximate surface area is 111 Å². The van der Waals surface area contributed by atoms with Crippen LogP contribution in [0.3, 0.4) is 0 Å². The molecule has 2 aromatic heterocycles. The van der Waals surface area contributed by atoms with Crippen LogP contribution in [0, 0.1) is 5.82 Å². The van der Waals surface area contributed by atoms with Crippen LogP contribution in [-0.2, 0) is 5.75 Å². The molecule has 0 unspecified atom stereocenters. The van der Waals surface area contributed by atoms with Gasteiger partial charge in [-0.3, -0.25) is 4.40 Å². The van der Waals surface area contributed by atoms with Crippen molar-refractivity contribution in [3.8, 4) is 0 Å². The summed E-state index contributed by atoms with van der Waals surface area (Å²) < 4.78 is 15.5. The van der Waals surface area contributed by atoms with E-state index in [0.29, 0.717) is 16.3 Å². The van der Waals surface area contributed by atoms with Gasteiger partial charge in [0.2, 0.25) is 0 Å². The second kappa shape index (κ2) is 4.62. The molecule has 0 spiro atoms. The summed E-state index contributed by atoms with van der Waals surface area (Å²) in [5.41, 5.74) is 6.90. The minimum absolute atomic E-state index is 0.277. The number of benzene rings is 1. The third-order valence-electron chi connectivity index (χ3n) is 2.47. The number of aromatic nitrogens is 2. The van der Waals surface area contributed by atoms with Crippen molar-refractivity contribution in [2.24, 2.45) is 0 Å². The maximum atomic E-state index is 13.6. The Balaban J connectivity index is 1.76. The van der Waals surface area contributed by atoms with E-state index in [9.17, 15) is 4.39 Å². The molecule has 2 N–H and O–H groups in total. The molecule has 2 heterocycles. The maximum absolute atomic E-state index is 13.6. The van der Waals surface area contributed by atoms with E-state index < -0.39 is 0 Å². The Kier molecular flexibility index (Phi) is 2.97. The monoisotopic (exact) mass is 279 g/mol. The highest BCUT2D eigenvalue weighted by Gasteiger charge is 2.06. The van der Waals surface area contributed by atoms with Gasteiger partial charge < -0.3 is 5.73 Å². The normalized spacial score (nSPS) is 11.2. The van der Waals surface area contributed by atoms with Crippen molar-refractivity contribution >= 4 is 33.7 Å². The number of anilines is 1. The number of halogens is 1. The van der Waals surface area contributed by atoms with Crippen LogP contribution in [0.2, 0.25) is 0 Å². The summed E-state index contributed by atoms with van der Waals surface area (Å²) in [4.78, 5) is 6.01. The highest BCUT2D eigenvalue weighted by molar-refractivity contribution is 7.98. The minimum Gasteiger partial charge on any atom is -0.399 e. The van der Waals surface area contributed by atoms with Crippen LogP contribution in [0.15, 0.2) is 40.9 Å². The number of hydrogen-bond acceptors (Lipinski definition) is 4. The molecule has 18 heavy (non-hydrogen) atoms. The zero-order valence-corrected chi connectivity index (χ0v) is 11.0. The lowest BCUT2D eigenvalue weighted by Gasteiger charge is -2.02. The molecule has 1 aromatic carbocycles. The Morgan fingerprint density at radius 1 is 1.44 bits per heavy atom. The molecular weight excluding hydrogens is 269 g/mol. The lowest BCUT2D eigenvalue weighted by atomic mass is 10.3. The van der Waals surface area contributed by atoms with E-state index in [-0.39, 0.29) is 5.82 Å². The van der Waals surface area contributed by atoms with Crippen molar-refractivity contribution in [1.29, 1.82) is 0 Å². The zero-order valence-electron chi connectivity index (χ0n) is 9.34. The second-order valence-electron chi connectivity index (χ2n) is 3.80. The van der Waals surface area contributed by atoms with Crippen molar-refractivity contribution in [3.63, 3.8) is 0 Å². The van der Waals surface area contributed by atoms with Crippen LogP contribution >= 0.6 is 23.1 Å². The van der Waals surface area contributed by atoms with Crippen LogP contribution in [0.1, 0.15) is 5.69 Å². The summed E-state index contributed by atoms with van der Waals surface area (Å²) in [7, 11) is 0. The lowest BCUT2D eigenvalue weighted by Crippen LogP contribution is -1.88. The smallest absolute Gasteiger partial charge is 0.193 e. The minimum atomic E-state index is -0.277. The summed E-state index contributed by atoms with van der Waals surface area (Å²) in [5, 5.41) is 1.99. The predicted octanol–water partition coefficient (Wildman–Crippen LogP) is 3.41. The van der Waals surface area contributed by atoms with Gasteiger partial charge in [-0.15, -0.1) is 23.1 Å². The van der Waals surface area contributed by atoms with Gasteiger partial charge in [-0.2, -0.15) is 0 Å². The van der Waals surface area contributed by atoms with E-state index in [0.717, 1.165) is 10.7 Å². The summed E-state index contributed by atoms with van der Waals surface area (Å²) in [6.45, 7) is 0. The molecule has 3 aromatic rings. The third kappa shape index (κ3) is 2.21. The average molecular weight is 279 g/mol. The van der Waals surface area contributed by atoms with E-state index in [1.165, 1.54) is 17.8 Å². The highest BCUT2D eigenvalue weighted by Crippen LogP contribution is 2.27. The van der Waals surface area contributed by atoms with E-state index in [1.807, 2.05) is 22.2 Å². The van der Waals surface area contributed by atoms with E-state index in [1.54, 1.807) is 23.5 Å². The Morgan fingerprint density at radius 2 is 2.33 bits per heavy atom. The number of thioether (sulfide) groups is 1. The van der Waals surface area contributed by atoms with Gasteiger partial charge in [-0.1, -0.05) is 0 Å². The van der Waals surface area contributed by atoms with Gasteiger partial charge in [0.15, 0.2) is 4.96 Å². The number of nitrogen functional groups attached to an aromatic ring is 1. The number of fused-ring (bicyclic) bond motifs is 1. The SMILES string of the molecule is Nc1ccc(SCc2cn3ccsc3n2)c(F)c1. The standard InChI is InChI=1S/C12H10FN3S2/c13-10-5-8(14)1-2-11(10)18-7-9-6-16-3-4-17-12(16)15-9/h1-6H,7,14H2. The van der Waals surface area contributed by atoms with Gasteiger partial charge in [0.05, 0.1) is 5.69 Å². The largest absolute Gasteiger partial charge is 0.399 e. The first-order valence-electron chi connectivity index (χ1n) is 5.31. The average Bonchev–Trinajstić information content (AvgIpc) is 2.88. The fraction of sp³-hybridized carbons (Fsp3) is 0.0833. The van der Waals surface area contributed by atoms with Crippen LogP contribution in [-0.4, -0.2) is 9.38 Å². The molecule has 92 valence electrons. The second-order valence-corrected chi connectivity index (χ2v) is 5.69. The molecule has 3 rings (SSSR count). The number of nitrogens with zero attached hydrogens (tertiary/aromatic N) is 2. The molecular formula is C12H10FN3S2. The van der Waals surface area contributed by atoms with Gasteiger partial charge >= 0.3 is 0 Å². The summed E-state index contributed by atoms with van der Waals surface area (Å²) >= 11 is 3.01. The van der Waals surface area contributed by atoms with Crippen LogP contribution in [0.5, 0.6) is 0 Å². The zero-order chi connectivity index (χ0) is 12.5. The van der Waals surface area contributed by atoms with Gasteiger partial charge in [-0.05, 0) is 18.2 Å². The van der Waals surface area contributed by atoms with Crippen LogP contribution < -0.4 is 5.73 Å². The molecule has 0 saturated carbocycles. The first-order valence-corrected chi connectivity index (χ1v) is 7.18. The molecule has 6 heteroatoms. The topological polar surface area (TPSA) is 43.3 Å². The van der Waals surface area contributed by atoms with Crippen molar-refractivity contribution in [1.82, 2.24) is 9.38 Å². The molecule has 0 aliphatic heterocycles. The summed E-state index contributed by atoms with van der Waals surface area (Å²) in [6, 6.07) is 4.75. The molecule has 0 fully saturated rings. The molecule has 0 aliphatic carbocycles. The summed E-state index contributed by atoms with van der Waals surface area (Å²) in [5.74, 6) is 0.371. The van der Waals surface area contributed by atoms with Crippen molar-refractivity contribution in [2.75, 3.05) is 5.73 Å². The molecule has 0 amide bonds. The molecule has 0 radical (unpaired) electrons. The Hall–Kier alpha value is -1.53. The number of imidazole rings is 1. The van der Waals surface area contributed by atoms with Gasteiger partial charge in [-0.25, -0.2) is 9.37 Å². The van der Waals surface area contributed by atoms with Crippen LogP contribution in [0.4, 0.5) is 10.1 Å². The number of nitrogens with two attached hydrogens (primary N) is 1. The van der Waals surface area contributed by atoms with E-state index >= 15 is 0 Å². The summed E-state index contributed by atoms with van der Waals surface area (Å²) in [6.07, 6.45) is 3.93. The molecule has 0 saturated heterocycles. The first kappa shape index (κ1) is 11.6. The van der Waals surface area contributed by atoms with E-state index in [2.05, 4.69) is 4.98 Å². The third-order valence-corrected chi connectivity index (χ3v) is 4.33. The number of rotatable bonds is 3. The van der Waals surface area contributed by atoms with Crippen LogP contribution in [0.25, 0.3) is 4.96 Å². The van der Waals surface area contributed by atoms with Crippen molar-refractivity contribution in [2.45, 2.75) is 10.6 Å². The fourth-order valence-corrected chi connectivity index (χ4v) is 3.15. The van der Waals surface area contributed by atoms with Gasteiger partial charge in [0.1, 0.15) is 5.82 Å². The Bertz CT molecular complexity index is 661. The highest BCUT2D eigenvalue weighted by atomic mass is 32.2. The van der Waals surface area contributed by atoms with Crippen molar-refractivity contribution < 1.29 is 4.39 Å². The molecule has 3 nitrogen and oxygen atoms in total. The maximum Gasteiger partial charge on any atom is 0.193 e. The van der Waals surface area contributed by atoms with Crippen molar-refractivity contribution in [3.05, 3.63) is 47.5 Å². The molecule has 0 bridgehead atoms. The number of thiazole rings is 1. The van der Waals surface area contributed by atoms with Gasteiger partial charge in [0, 0.05) is 34.1 Å². The predicted molar refractivity (Wildman–Crippen MR) is 73.4 cm³/mol. The first-order chi connectivity index (χ1) is 8.72. The fourth-order valence-electron chi connectivity index (χ4n) is 1.63. The molecule has 0 aliphatic rings. The van der Waals surface area contributed by atoms with Gasteiger partial charge in [0.25, 0.3) is 0 Å². The molecule has 0 atom stereocenters. The van der Waals surface area contributed by atoms with E-state index in [4.69, 9.17) is 5.73 Å². The Morgan fingerprint density at radius 3 is 3.11 bits per heavy atom. The lowest BCUT2D eigenvalue weighted by molar-refractivity contribution is 0.602. The quantitative estimate of drug-likeness (QED) is 0.590. The number of hydrogen-bond donors (Lipinski definition) is 1.